The summed E-state index contributed by atoms with van der Waals surface area (Å²) < 4.78 is 5.75. The predicted octanol–water partition coefficient (Wildman–Crippen LogP) is 9.25. The molecule has 5 fully saturated rings. The number of aromatic carboxylic acids is 1. The summed E-state index contributed by atoms with van der Waals surface area (Å²) >= 11 is 0. The highest BCUT2D eigenvalue weighted by molar-refractivity contribution is 5.87. The van der Waals surface area contributed by atoms with Crippen molar-refractivity contribution in [3.05, 3.63) is 35.4 Å². The van der Waals surface area contributed by atoms with Crippen molar-refractivity contribution < 1.29 is 19.4 Å². The summed E-state index contributed by atoms with van der Waals surface area (Å²) in [6.07, 6.45) is 11.9. The van der Waals surface area contributed by atoms with Crippen LogP contribution in [-0.4, -0.2) is 54.9 Å². The first kappa shape index (κ1) is 34.8. The number of carbonyl (C=O) groups excluding carboxylic acids is 1. The summed E-state index contributed by atoms with van der Waals surface area (Å²) in [7, 11) is 4.03. The second kappa shape index (κ2) is 12.1. The number of nitrogens with zero attached hydrogens (tertiary/aromatic N) is 1. The van der Waals surface area contributed by atoms with Gasteiger partial charge in [-0.15, -0.1) is 0 Å². The number of likely N-dealkylation sites (N-methyl/N-ethyl adjacent to an activating group) is 1. The molecule has 0 unspecified atom stereocenters. The molecule has 1 amide bonds. The van der Waals surface area contributed by atoms with Crippen molar-refractivity contribution in [2.24, 2.45) is 57.2 Å². The number of carboxylic acids is 1. The Balaban J connectivity index is 1.27. The highest BCUT2D eigenvalue weighted by Gasteiger charge is 2.71. The summed E-state index contributed by atoms with van der Waals surface area (Å²) in [5.74, 6) is 3.30. The Morgan fingerprint density at radius 2 is 1.57 bits per heavy atom. The lowest BCUT2D eigenvalue weighted by Gasteiger charge is -2.73. The normalized spacial score (nSPS) is 42.2. The third kappa shape index (κ3) is 5.37. The first-order chi connectivity index (χ1) is 22.0. The number of carbonyl (C=O) groups is 2. The number of benzene rings is 1. The van der Waals surface area contributed by atoms with Crippen molar-refractivity contribution in [1.82, 2.24) is 10.2 Å². The standard InChI is InChI=1S/C41H64N2O4/c1-26(2)29-16-21-41(42-36(46)47-25-24-43(8)9)23-22-39(6)31(34(29)41)14-15-33-38(5)19-17-30(27-10-12-28(13-11-27)35(44)45)37(3,4)32(38)18-20-40(33,39)7/h10-13,26,29-34H,14-25H2,1-9H3,(H,42,46)(H,44,45)/t29-,30-,31+,32-,33+,34+,38-,39+,40+,41-/m0/s1. The largest absolute Gasteiger partial charge is 0.478 e. The van der Waals surface area contributed by atoms with E-state index in [1.54, 1.807) is 12.1 Å². The van der Waals surface area contributed by atoms with E-state index in [1.165, 1.54) is 56.9 Å². The molecule has 5 aliphatic rings. The maximum Gasteiger partial charge on any atom is 0.407 e. The molecule has 262 valence electrons. The predicted molar refractivity (Wildman–Crippen MR) is 188 cm³/mol. The Kier molecular flexibility index (Phi) is 8.92. The fourth-order valence-corrected chi connectivity index (χ4v) is 13.6. The molecule has 6 heteroatoms. The number of hydrogen-bond acceptors (Lipinski definition) is 4. The highest BCUT2D eigenvalue weighted by atomic mass is 16.5. The van der Waals surface area contributed by atoms with Crippen LogP contribution in [0.25, 0.3) is 0 Å². The van der Waals surface area contributed by atoms with E-state index in [0.717, 1.165) is 19.4 Å². The van der Waals surface area contributed by atoms with Gasteiger partial charge in [-0.05, 0) is 159 Å². The fourth-order valence-electron chi connectivity index (χ4n) is 13.6. The SMILES string of the molecule is CC(C)[C@@H]1CC[C@]2(NC(=O)OCCN(C)C)CC[C@]3(C)[C@H](CC[C@@H]4[C@@]5(C)CC[C@@H](c6ccc(C(=O)O)cc6)C(C)(C)[C@@H]5CC[C@]43C)[C@@H]12. The molecule has 0 aromatic heterocycles. The zero-order valence-corrected chi connectivity index (χ0v) is 31.0. The Morgan fingerprint density at radius 3 is 2.21 bits per heavy atom. The smallest absolute Gasteiger partial charge is 0.407 e. The molecule has 6 rings (SSSR count). The van der Waals surface area contributed by atoms with Crippen molar-refractivity contribution in [2.75, 3.05) is 27.2 Å². The third-order valence-electron chi connectivity index (χ3n) is 16.1. The molecule has 0 spiro atoms. The average Bonchev–Trinajstić information content (AvgIpc) is 3.36. The van der Waals surface area contributed by atoms with Crippen molar-refractivity contribution in [3.63, 3.8) is 0 Å². The molecule has 0 saturated heterocycles. The van der Waals surface area contributed by atoms with E-state index in [9.17, 15) is 14.7 Å². The lowest BCUT2D eigenvalue weighted by atomic mass is 9.32. The maximum atomic E-state index is 13.3. The van der Waals surface area contributed by atoms with Gasteiger partial charge in [-0.25, -0.2) is 9.59 Å². The molecule has 0 radical (unpaired) electrons. The lowest BCUT2D eigenvalue weighted by Crippen LogP contribution is -2.68. The molecule has 6 nitrogen and oxygen atoms in total. The number of amides is 1. The van der Waals surface area contributed by atoms with Crippen LogP contribution >= 0.6 is 0 Å². The molecule has 1 aromatic rings. The van der Waals surface area contributed by atoms with Gasteiger partial charge in [0, 0.05) is 12.1 Å². The fraction of sp³-hybridized carbons (Fsp3) is 0.805. The van der Waals surface area contributed by atoms with Crippen LogP contribution in [0.1, 0.15) is 135 Å². The van der Waals surface area contributed by atoms with Gasteiger partial charge < -0.3 is 20.1 Å². The first-order valence-electron chi connectivity index (χ1n) is 18.9. The van der Waals surface area contributed by atoms with E-state index in [1.807, 2.05) is 14.1 Å². The number of rotatable bonds is 7. The summed E-state index contributed by atoms with van der Waals surface area (Å²) in [6, 6.07) is 7.78. The van der Waals surface area contributed by atoms with E-state index in [2.05, 4.69) is 70.8 Å². The topological polar surface area (TPSA) is 78.9 Å². The van der Waals surface area contributed by atoms with Gasteiger partial charge in [0.1, 0.15) is 6.61 Å². The van der Waals surface area contributed by atoms with Crippen molar-refractivity contribution in [2.45, 2.75) is 124 Å². The second-order valence-electron chi connectivity index (χ2n) is 18.7. The Hall–Kier alpha value is -2.08. The molecule has 0 bridgehead atoms. The number of ether oxygens (including phenoxy) is 1. The molecular formula is C41H64N2O4. The van der Waals surface area contributed by atoms with E-state index < -0.39 is 5.97 Å². The van der Waals surface area contributed by atoms with Gasteiger partial charge >= 0.3 is 12.1 Å². The van der Waals surface area contributed by atoms with Gasteiger partial charge in [-0.2, -0.15) is 0 Å². The Labute approximate surface area is 285 Å². The molecular weight excluding hydrogens is 584 g/mol. The summed E-state index contributed by atoms with van der Waals surface area (Å²) in [6.45, 7) is 19.1. The van der Waals surface area contributed by atoms with Gasteiger partial charge in [-0.1, -0.05) is 60.6 Å². The minimum atomic E-state index is -0.851. The molecule has 10 atom stereocenters. The summed E-state index contributed by atoms with van der Waals surface area (Å²) in [5, 5.41) is 13.0. The molecule has 2 N–H and O–H groups in total. The third-order valence-corrected chi connectivity index (χ3v) is 16.1. The van der Waals surface area contributed by atoms with Crippen molar-refractivity contribution in [3.8, 4) is 0 Å². The van der Waals surface area contributed by atoms with Crippen LogP contribution in [0, 0.1) is 57.2 Å². The number of hydrogen-bond donors (Lipinski definition) is 2. The maximum absolute atomic E-state index is 13.3. The average molecular weight is 649 g/mol. The van der Waals surface area contributed by atoms with E-state index >= 15 is 0 Å². The number of alkyl carbamates (subject to hydrolysis) is 1. The zero-order chi connectivity index (χ0) is 34.2. The van der Waals surface area contributed by atoms with Crippen LogP contribution in [0.2, 0.25) is 0 Å². The number of nitrogens with one attached hydrogen (secondary N) is 1. The van der Waals surface area contributed by atoms with E-state index in [4.69, 9.17) is 4.74 Å². The van der Waals surface area contributed by atoms with Crippen LogP contribution in [0.3, 0.4) is 0 Å². The summed E-state index contributed by atoms with van der Waals surface area (Å²) in [5.41, 5.74) is 2.50. The van der Waals surface area contributed by atoms with Crippen molar-refractivity contribution >= 4 is 12.1 Å². The van der Waals surface area contributed by atoms with Crippen LogP contribution in [-0.2, 0) is 4.74 Å². The molecule has 5 aliphatic carbocycles. The first-order valence-corrected chi connectivity index (χ1v) is 18.9. The zero-order valence-electron chi connectivity index (χ0n) is 31.0. The monoisotopic (exact) mass is 648 g/mol. The van der Waals surface area contributed by atoms with Gasteiger partial charge in [0.25, 0.3) is 0 Å². The van der Waals surface area contributed by atoms with Crippen LogP contribution in [0.5, 0.6) is 0 Å². The molecule has 1 aromatic carbocycles. The summed E-state index contributed by atoms with van der Waals surface area (Å²) in [4.78, 5) is 26.9. The minimum Gasteiger partial charge on any atom is -0.478 e. The molecule has 0 heterocycles. The molecule has 0 aliphatic heterocycles. The van der Waals surface area contributed by atoms with Gasteiger partial charge in [0.05, 0.1) is 5.56 Å². The number of carboxylic acid groups (broad SMARTS) is 1. The Bertz CT molecular complexity index is 1340. The van der Waals surface area contributed by atoms with Crippen LogP contribution in [0.15, 0.2) is 24.3 Å². The number of fused-ring (bicyclic) bond motifs is 7. The second-order valence-corrected chi connectivity index (χ2v) is 18.7. The minimum absolute atomic E-state index is 0.142. The van der Waals surface area contributed by atoms with Gasteiger partial charge in [0.15, 0.2) is 0 Å². The lowest BCUT2D eigenvalue weighted by molar-refractivity contribution is -0.235. The van der Waals surface area contributed by atoms with Gasteiger partial charge in [0.2, 0.25) is 0 Å². The highest BCUT2D eigenvalue weighted by Crippen LogP contribution is 2.77. The quantitative estimate of drug-likeness (QED) is 0.308. The van der Waals surface area contributed by atoms with Crippen LogP contribution in [0.4, 0.5) is 4.79 Å². The van der Waals surface area contributed by atoms with Gasteiger partial charge in [-0.3, -0.25) is 0 Å². The van der Waals surface area contributed by atoms with E-state index in [-0.39, 0.29) is 33.3 Å². The van der Waals surface area contributed by atoms with Crippen LogP contribution < -0.4 is 5.32 Å². The molecule has 5 saturated carbocycles. The van der Waals surface area contributed by atoms with E-state index in [0.29, 0.717) is 53.6 Å². The Morgan fingerprint density at radius 1 is 0.872 bits per heavy atom. The molecule has 47 heavy (non-hydrogen) atoms. The van der Waals surface area contributed by atoms with Crippen molar-refractivity contribution in [1.29, 1.82) is 0 Å².